The second-order valence-corrected chi connectivity index (χ2v) is 7.95. The molecular formula is C20H26O2. The molecule has 0 bridgehead atoms. The van der Waals surface area contributed by atoms with Gasteiger partial charge in [0.05, 0.1) is 7.11 Å². The van der Waals surface area contributed by atoms with Crippen molar-refractivity contribution in [3.05, 3.63) is 29.3 Å². The summed E-state index contributed by atoms with van der Waals surface area (Å²) in [6, 6.07) is 6.63. The molecule has 1 aromatic carbocycles. The van der Waals surface area contributed by atoms with Crippen LogP contribution < -0.4 is 4.74 Å². The van der Waals surface area contributed by atoms with E-state index in [0.717, 1.165) is 31.4 Å². The van der Waals surface area contributed by atoms with E-state index in [2.05, 4.69) is 32.0 Å². The third kappa shape index (κ3) is 1.82. The fourth-order valence-electron chi connectivity index (χ4n) is 5.85. The quantitative estimate of drug-likeness (QED) is 0.769. The molecule has 0 N–H and O–H groups in total. The van der Waals surface area contributed by atoms with Crippen LogP contribution in [0.25, 0.3) is 0 Å². The van der Waals surface area contributed by atoms with Gasteiger partial charge in [-0.3, -0.25) is 4.79 Å². The van der Waals surface area contributed by atoms with Crippen LogP contribution in [0.5, 0.6) is 5.75 Å². The number of hydrogen-bond acceptors (Lipinski definition) is 2. The zero-order chi connectivity index (χ0) is 15.5. The molecule has 0 amide bonds. The number of ether oxygens (including phenoxy) is 1. The lowest BCUT2D eigenvalue weighted by atomic mass is 9.53. The minimum absolute atomic E-state index is 0.0284. The van der Waals surface area contributed by atoms with E-state index in [1.807, 2.05) is 0 Å². The molecule has 0 aromatic heterocycles. The normalized spacial score (nSPS) is 39.9. The number of benzene rings is 1. The maximum atomic E-state index is 12.4. The lowest BCUT2D eigenvalue weighted by Gasteiger charge is -2.51. The van der Waals surface area contributed by atoms with Gasteiger partial charge in [-0.1, -0.05) is 19.9 Å². The van der Waals surface area contributed by atoms with Gasteiger partial charge in [-0.05, 0) is 72.6 Å². The van der Waals surface area contributed by atoms with Crippen molar-refractivity contribution in [3.63, 3.8) is 0 Å². The average molecular weight is 298 g/mol. The van der Waals surface area contributed by atoms with Gasteiger partial charge in [0, 0.05) is 11.8 Å². The van der Waals surface area contributed by atoms with Crippen LogP contribution in [-0.2, 0) is 11.2 Å². The topological polar surface area (TPSA) is 26.3 Å². The Kier molecular flexibility index (Phi) is 3.15. The van der Waals surface area contributed by atoms with Crippen LogP contribution in [0.3, 0.4) is 0 Å². The first-order valence-electron chi connectivity index (χ1n) is 8.74. The molecule has 0 unspecified atom stereocenters. The van der Waals surface area contributed by atoms with E-state index in [1.54, 1.807) is 7.11 Å². The summed E-state index contributed by atoms with van der Waals surface area (Å²) in [6.07, 6.45) is 5.32. The highest BCUT2D eigenvalue weighted by Gasteiger charge is 2.56. The predicted molar refractivity (Wildman–Crippen MR) is 87.2 cm³/mol. The van der Waals surface area contributed by atoms with E-state index >= 15 is 0 Å². The Balaban J connectivity index is 1.75. The lowest BCUT2D eigenvalue weighted by molar-refractivity contribution is -0.129. The van der Waals surface area contributed by atoms with Crippen molar-refractivity contribution in [2.24, 2.45) is 23.2 Å². The Morgan fingerprint density at radius 3 is 2.86 bits per heavy atom. The van der Waals surface area contributed by atoms with Crippen LogP contribution >= 0.6 is 0 Å². The van der Waals surface area contributed by atoms with E-state index < -0.39 is 0 Å². The molecule has 2 saturated carbocycles. The van der Waals surface area contributed by atoms with Gasteiger partial charge in [-0.2, -0.15) is 0 Å². The van der Waals surface area contributed by atoms with E-state index in [-0.39, 0.29) is 5.41 Å². The molecule has 0 saturated heterocycles. The van der Waals surface area contributed by atoms with E-state index in [9.17, 15) is 4.79 Å². The smallest absolute Gasteiger partial charge is 0.139 e. The van der Waals surface area contributed by atoms with Crippen molar-refractivity contribution in [1.82, 2.24) is 0 Å². The van der Waals surface area contributed by atoms with Crippen molar-refractivity contribution in [2.75, 3.05) is 7.11 Å². The molecule has 2 fully saturated rings. The van der Waals surface area contributed by atoms with E-state index in [1.165, 1.54) is 17.5 Å². The largest absolute Gasteiger partial charge is 0.497 e. The fraction of sp³-hybridized carbons (Fsp3) is 0.650. The summed E-state index contributed by atoms with van der Waals surface area (Å²) in [5, 5.41) is 0. The molecule has 4 rings (SSSR count). The summed E-state index contributed by atoms with van der Waals surface area (Å²) < 4.78 is 5.41. The number of rotatable bonds is 1. The van der Waals surface area contributed by atoms with Gasteiger partial charge in [0.2, 0.25) is 0 Å². The summed E-state index contributed by atoms with van der Waals surface area (Å²) >= 11 is 0. The lowest BCUT2D eigenvalue weighted by Crippen LogP contribution is -2.45. The average Bonchev–Trinajstić information content (AvgIpc) is 2.82. The minimum atomic E-state index is -0.0284. The molecule has 3 aliphatic carbocycles. The van der Waals surface area contributed by atoms with Crippen LogP contribution in [-0.4, -0.2) is 12.9 Å². The summed E-state index contributed by atoms with van der Waals surface area (Å²) in [5.41, 5.74) is 2.98. The highest BCUT2D eigenvalue weighted by Crippen LogP contribution is 2.60. The second kappa shape index (κ2) is 4.84. The van der Waals surface area contributed by atoms with Gasteiger partial charge >= 0.3 is 0 Å². The van der Waals surface area contributed by atoms with Crippen molar-refractivity contribution in [1.29, 1.82) is 0 Å². The molecule has 2 nitrogen and oxygen atoms in total. The van der Waals surface area contributed by atoms with Crippen LogP contribution in [0.4, 0.5) is 0 Å². The number of Topliss-reactive ketones (excluding diaryl/α,β-unsaturated/α-hetero) is 1. The maximum Gasteiger partial charge on any atom is 0.139 e. The van der Waals surface area contributed by atoms with Gasteiger partial charge in [0.25, 0.3) is 0 Å². The van der Waals surface area contributed by atoms with Crippen LogP contribution in [0.2, 0.25) is 0 Å². The molecule has 0 aliphatic heterocycles. The maximum absolute atomic E-state index is 12.4. The summed E-state index contributed by atoms with van der Waals surface area (Å²) in [4.78, 5) is 12.4. The van der Waals surface area contributed by atoms with Crippen LogP contribution in [0.1, 0.15) is 56.6 Å². The Hall–Kier alpha value is -1.31. The molecule has 1 aromatic rings. The fourth-order valence-corrected chi connectivity index (χ4v) is 5.85. The Morgan fingerprint density at radius 1 is 1.27 bits per heavy atom. The zero-order valence-corrected chi connectivity index (χ0v) is 13.9. The highest BCUT2D eigenvalue weighted by molar-refractivity contribution is 5.87. The van der Waals surface area contributed by atoms with Gasteiger partial charge in [0.15, 0.2) is 0 Å². The molecule has 0 radical (unpaired) electrons. The highest BCUT2D eigenvalue weighted by atomic mass is 16.5. The number of carbonyl (C=O) groups excluding carboxylic acids is 1. The van der Waals surface area contributed by atoms with E-state index in [0.29, 0.717) is 29.5 Å². The monoisotopic (exact) mass is 298 g/mol. The van der Waals surface area contributed by atoms with Gasteiger partial charge in [-0.15, -0.1) is 0 Å². The van der Waals surface area contributed by atoms with Crippen molar-refractivity contribution in [2.45, 2.75) is 51.9 Å². The molecule has 0 heterocycles. The zero-order valence-electron chi connectivity index (χ0n) is 13.9. The van der Waals surface area contributed by atoms with Crippen molar-refractivity contribution in [3.8, 4) is 5.75 Å². The third-order valence-electron chi connectivity index (χ3n) is 6.99. The molecule has 0 spiro atoms. The number of carbonyl (C=O) groups is 1. The van der Waals surface area contributed by atoms with Gasteiger partial charge in [0.1, 0.15) is 11.5 Å². The SMILES string of the molecule is COc1ccc2c(c1)C[C@H](C)[C@@H]1[C@H]2CC[C@@]2(C)C(=O)CC[C@@H]12. The van der Waals surface area contributed by atoms with E-state index in [4.69, 9.17) is 4.74 Å². The number of fused-ring (bicyclic) bond motifs is 5. The predicted octanol–water partition coefficient (Wildman–Crippen LogP) is 4.37. The summed E-state index contributed by atoms with van der Waals surface area (Å²) in [5.74, 6) is 4.11. The first-order chi connectivity index (χ1) is 10.5. The molecule has 118 valence electrons. The Morgan fingerprint density at radius 2 is 2.09 bits per heavy atom. The minimum Gasteiger partial charge on any atom is -0.497 e. The Labute approximate surface area is 133 Å². The second-order valence-electron chi connectivity index (χ2n) is 7.95. The van der Waals surface area contributed by atoms with Gasteiger partial charge < -0.3 is 4.74 Å². The standard InChI is InChI=1S/C20H26O2/c1-12-10-13-11-14(22-3)4-5-15(13)16-8-9-20(2)17(19(12)16)6-7-18(20)21/h4-5,11-12,16-17,19H,6-10H2,1-3H3/t12-,16-,17-,19+,20+/m0/s1. The molecule has 5 atom stereocenters. The van der Waals surface area contributed by atoms with Crippen LogP contribution in [0, 0.1) is 23.2 Å². The van der Waals surface area contributed by atoms with Crippen molar-refractivity contribution < 1.29 is 9.53 Å². The molecule has 2 heteroatoms. The number of ketones is 1. The third-order valence-corrected chi connectivity index (χ3v) is 6.99. The molecule has 22 heavy (non-hydrogen) atoms. The molecule has 3 aliphatic rings. The first-order valence-corrected chi connectivity index (χ1v) is 8.74. The van der Waals surface area contributed by atoms with Crippen molar-refractivity contribution >= 4 is 5.78 Å². The molecular weight excluding hydrogens is 272 g/mol. The Bertz CT molecular complexity index is 620. The summed E-state index contributed by atoms with van der Waals surface area (Å²) in [7, 11) is 1.74. The number of hydrogen-bond donors (Lipinski definition) is 0. The number of methoxy groups -OCH3 is 1. The van der Waals surface area contributed by atoms with Crippen LogP contribution in [0.15, 0.2) is 18.2 Å². The first kappa shape index (κ1) is 14.3. The summed E-state index contributed by atoms with van der Waals surface area (Å²) in [6.45, 7) is 4.65. The van der Waals surface area contributed by atoms with Gasteiger partial charge in [-0.25, -0.2) is 0 Å².